The monoisotopic (exact) mass is 325 g/mol. The highest BCUT2D eigenvalue weighted by Crippen LogP contribution is 2.13. The summed E-state index contributed by atoms with van der Waals surface area (Å²) in [5.41, 5.74) is 0.00987. The van der Waals surface area contributed by atoms with Gasteiger partial charge in [-0.2, -0.15) is 0 Å². The number of aromatic carboxylic acids is 1. The number of para-hydroxylation sites is 1. The van der Waals surface area contributed by atoms with E-state index in [1.54, 1.807) is 6.07 Å². The molecule has 1 aromatic heterocycles. The van der Waals surface area contributed by atoms with Gasteiger partial charge in [0.1, 0.15) is 17.3 Å². The van der Waals surface area contributed by atoms with Crippen LogP contribution in [0.2, 0.25) is 0 Å². The summed E-state index contributed by atoms with van der Waals surface area (Å²) < 4.78 is 30.1. The highest BCUT2D eigenvalue weighted by molar-refractivity contribution is 7.84. The average Bonchev–Trinajstić information content (AvgIpc) is 2.89. The van der Waals surface area contributed by atoms with E-state index >= 15 is 0 Å². The van der Waals surface area contributed by atoms with E-state index in [1.807, 2.05) is 0 Å². The first-order chi connectivity index (χ1) is 10.5. The molecule has 0 bridgehead atoms. The van der Waals surface area contributed by atoms with Crippen molar-refractivity contribution in [1.29, 1.82) is 0 Å². The number of hydrogen-bond acceptors (Lipinski definition) is 4. The molecule has 0 spiro atoms. The van der Waals surface area contributed by atoms with Crippen molar-refractivity contribution in [3.8, 4) is 0 Å². The maximum atomic E-state index is 13.4. The number of carbonyl (C=O) groups excluding carboxylic acids is 1. The van der Waals surface area contributed by atoms with Crippen LogP contribution in [0, 0.1) is 5.82 Å². The largest absolute Gasteiger partial charge is 0.475 e. The van der Waals surface area contributed by atoms with Gasteiger partial charge in [-0.15, -0.1) is 0 Å². The van der Waals surface area contributed by atoms with Crippen molar-refractivity contribution in [3.63, 3.8) is 0 Å². The molecule has 1 amide bonds. The maximum absolute atomic E-state index is 13.4. The Morgan fingerprint density at radius 3 is 2.59 bits per heavy atom. The Hall–Kier alpha value is -2.48. The zero-order valence-corrected chi connectivity index (χ0v) is 12.1. The summed E-state index contributed by atoms with van der Waals surface area (Å²) in [5, 5.41) is 11.0. The Morgan fingerprint density at radius 2 is 1.95 bits per heavy atom. The molecule has 0 aliphatic carbocycles. The summed E-state index contributed by atoms with van der Waals surface area (Å²) in [7, 11) is -1.60. The second kappa shape index (κ2) is 6.99. The van der Waals surface area contributed by atoms with Crippen LogP contribution >= 0.6 is 0 Å². The summed E-state index contributed by atoms with van der Waals surface area (Å²) in [4.78, 5) is 22.3. The predicted octanol–water partition coefficient (Wildman–Crippen LogP) is 2.00. The standard InChI is InChI=1S/C14H12FNO5S/c15-10-3-1-2-4-11(10)16-13(17)8-22(20)7-9-5-6-12(21-9)14(18)19/h1-6H,7-8H2,(H,16,17)(H,18,19). The summed E-state index contributed by atoms with van der Waals surface area (Å²) in [6.45, 7) is 0. The van der Waals surface area contributed by atoms with Crippen molar-refractivity contribution >= 4 is 28.4 Å². The highest BCUT2D eigenvalue weighted by Gasteiger charge is 2.14. The lowest BCUT2D eigenvalue weighted by Crippen LogP contribution is -2.20. The molecular weight excluding hydrogens is 313 g/mol. The Kier molecular flexibility index (Phi) is 5.05. The van der Waals surface area contributed by atoms with E-state index in [1.165, 1.54) is 30.3 Å². The van der Waals surface area contributed by atoms with Crippen LogP contribution in [-0.4, -0.2) is 26.9 Å². The van der Waals surface area contributed by atoms with E-state index in [9.17, 15) is 18.2 Å². The van der Waals surface area contributed by atoms with Gasteiger partial charge in [-0.25, -0.2) is 9.18 Å². The van der Waals surface area contributed by atoms with E-state index in [4.69, 9.17) is 9.52 Å². The van der Waals surface area contributed by atoms with Crippen LogP contribution in [0.15, 0.2) is 40.8 Å². The van der Waals surface area contributed by atoms with Gasteiger partial charge in [-0.1, -0.05) is 12.1 Å². The Morgan fingerprint density at radius 1 is 1.23 bits per heavy atom. The van der Waals surface area contributed by atoms with Crippen molar-refractivity contribution < 1.29 is 27.7 Å². The first-order valence-corrected chi connectivity index (χ1v) is 7.66. The number of rotatable bonds is 6. The van der Waals surface area contributed by atoms with Crippen LogP contribution < -0.4 is 5.32 Å². The van der Waals surface area contributed by atoms with Crippen LogP contribution in [0.1, 0.15) is 16.3 Å². The molecule has 22 heavy (non-hydrogen) atoms. The van der Waals surface area contributed by atoms with Crippen molar-refractivity contribution in [2.24, 2.45) is 0 Å². The minimum atomic E-state index is -1.60. The average molecular weight is 325 g/mol. The molecule has 0 radical (unpaired) electrons. The molecule has 2 rings (SSSR count). The molecule has 1 heterocycles. The minimum absolute atomic E-state index is 0.00987. The summed E-state index contributed by atoms with van der Waals surface area (Å²) in [5.74, 6) is -2.92. The molecule has 1 unspecified atom stereocenters. The molecular formula is C14H12FNO5S. The second-order valence-electron chi connectivity index (χ2n) is 4.33. The van der Waals surface area contributed by atoms with E-state index in [2.05, 4.69) is 5.32 Å². The number of benzene rings is 1. The third-order valence-corrected chi connectivity index (χ3v) is 3.81. The normalized spacial score (nSPS) is 11.9. The molecule has 0 saturated heterocycles. The van der Waals surface area contributed by atoms with Gasteiger partial charge >= 0.3 is 5.97 Å². The quantitative estimate of drug-likeness (QED) is 0.847. The number of carboxylic acids is 1. The first kappa shape index (κ1) is 15.9. The SMILES string of the molecule is O=C(CS(=O)Cc1ccc(C(=O)O)o1)Nc1ccccc1F. The lowest BCUT2D eigenvalue weighted by molar-refractivity contribution is -0.113. The molecule has 6 nitrogen and oxygen atoms in total. The van der Waals surface area contributed by atoms with Crippen molar-refractivity contribution in [2.45, 2.75) is 5.75 Å². The molecule has 2 aromatic rings. The molecule has 116 valence electrons. The third-order valence-electron chi connectivity index (χ3n) is 2.62. The van der Waals surface area contributed by atoms with Gasteiger partial charge in [0.05, 0.1) is 11.4 Å². The van der Waals surface area contributed by atoms with Crippen molar-refractivity contribution in [2.75, 3.05) is 11.1 Å². The van der Waals surface area contributed by atoms with Crippen LogP contribution in [0.25, 0.3) is 0 Å². The van der Waals surface area contributed by atoms with Crippen molar-refractivity contribution in [3.05, 3.63) is 53.7 Å². The van der Waals surface area contributed by atoms with Crippen LogP contribution in [0.4, 0.5) is 10.1 Å². The van der Waals surface area contributed by atoms with E-state index < -0.39 is 28.5 Å². The fraction of sp³-hybridized carbons (Fsp3) is 0.143. The van der Waals surface area contributed by atoms with Gasteiger partial charge in [0.15, 0.2) is 0 Å². The number of nitrogens with one attached hydrogen (secondary N) is 1. The second-order valence-corrected chi connectivity index (χ2v) is 5.78. The molecule has 1 atom stereocenters. The number of halogens is 1. The van der Waals surface area contributed by atoms with Gasteiger partial charge < -0.3 is 14.8 Å². The smallest absolute Gasteiger partial charge is 0.371 e. The Balaban J connectivity index is 1.90. The number of hydrogen-bond donors (Lipinski definition) is 2. The molecule has 0 fully saturated rings. The maximum Gasteiger partial charge on any atom is 0.371 e. The van der Waals surface area contributed by atoms with E-state index in [0.29, 0.717) is 0 Å². The third kappa shape index (κ3) is 4.26. The van der Waals surface area contributed by atoms with Crippen LogP contribution in [-0.2, 0) is 21.3 Å². The van der Waals surface area contributed by atoms with Crippen LogP contribution in [0.5, 0.6) is 0 Å². The Labute approximate surface area is 127 Å². The fourth-order valence-corrected chi connectivity index (χ4v) is 2.61. The molecule has 0 aliphatic rings. The zero-order chi connectivity index (χ0) is 16.1. The number of furan rings is 1. The number of anilines is 1. The Bertz CT molecular complexity index is 728. The van der Waals surface area contributed by atoms with Gasteiger partial charge in [0.25, 0.3) is 0 Å². The number of amides is 1. The fourth-order valence-electron chi connectivity index (χ4n) is 1.68. The molecule has 2 N–H and O–H groups in total. The highest BCUT2D eigenvalue weighted by atomic mass is 32.2. The predicted molar refractivity (Wildman–Crippen MR) is 77.4 cm³/mol. The van der Waals surface area contributed by atoms with E-state index in [-0.39, 0.29) is 28.7 Å². The van der Waals surface area contributed by atoms with Gasteiger partial charge in [0.2, 0.25) is 11.7 Å². The minimum Gasteiger partial charge on any atom is -0.475 e. The van der Waals surface area contributed by atoms with Gasteiger partial charge in [0, 0.05) is 10.8 Å². The van der Waals surface area contributed by atoms with Crippen molar-refractivity contribution in [1.82, 2.24) is 0 Å². The van der Waals surface area contributed by atoms with E-state index in [0.717, 1.165) is 0 Å². The molecule has 1 aromatic carbocycles. The summed E-state index contributed by atoms with van der Waals surface area (Å²) >= 11 is 0. The molecule has 0 saturated carbocycles. The van der Waals surface area contributed by atoms with Gasteiger partial charge in [-0.05, 0) is 24.3 Å². The van der Waals surface area contributed by atoms with Crippen LogP contribution in [0.3, 0.4) is 0 Å². The number of carboxylic acid groups (broad SMARTS) is 1. The molecule has 0 aliphatic heterocycles. The number of carbonyl (C=O) groups is 2. The summed E-state index contributed by atoms with van der Waals surface area (Å²) in [6, 6.07) is 8.26. The lowest BCUT2D eigenvalue weighted by atomic mass is 10.3. The summed E-state index contributed by atoms with van der Waals surface area (Å²) in [6.07, 6.45) is 0. The van der Waals surface area contributed by atoms with Gasteiger partial charge in [-0.3, -0.25) is 9.00 Å². The first-order valence-electron chi connectivity index (χ1n) is 6.17. The topological polar surface area (TPSA) is 96.6 Å². The zero-order valence-electron chi connectivity index (χ0n) is 11.2. The molecule has 8 heteroatoms. The lowest BCUT2D eigenvalue weighted by Gasteiger charge is -2.05.